The van der Waals surface area contributed by atoms with E-state index in [2.05, 4.69) is 10.3 Å². The molecule has 6 heteroatoms. The minimum absolute atomic E-state index is 0.139. The van der Waals surface area contributed by atoms with Gasteiger partial charge in [0.05, 0.1) is 10.6 Å². The van der Waals surface area contributed by atoms with Gasteiger partial charge in [-0.2, -0.15) is 0 Å². The fourth-order valence-corrected chi connectivity index (χ4v) is 3.67. The van der Waals surface area contributed by atoms with E-state index < -0.39 is 0 Å². The summed E-state index contributed by atoms with van der Waals surface area (Å²) in [5.74, 6) is 1.37. The molecule has 150 valence electrons. The first-order chi connectivity index (χ1) is 14.6. The van der Waals surface area contributed by atoms with Crippen LogP contribution < -0.4 is 15.0 Å². The highest BCUT2D eigenvalue weighted by Crippen LogP contribution is 2.29. The van der Waals surface area contributed by atoms with E-state index in [1.165, 1.54) is 11.8 Å². The zero-order chi connectivity index (χ0) is 20.9. The van der Waals surface area contributed by atoms with Gasteiger partial charge in [-0.1, -0.05) is 30.3 Å². The summed E-state index contributed by atoms with van der Waals surface area (Å²) >= 11 is 1.33. The molecule has 0 atom stereocenters. The normalized spacial score (nSPS) is 16.0. The van der Waals surface area contributed by atoms with E-state index in [-0.39, 0.29) is 5.91 Å². The molecule has 0 radical (unpaired) electrons. The maximum Gasteiger partial charge on any atom is 0.264 e. The van der Waals surface area contributed by atoms with Crippen LogP contribution in [0.1, 0.15) is 5.56 Å². The zero-order valence-electron chi connectivity index (χ0n) is 16.7. The van der Waals surface area contributed by atoms with Crippen molar-refractivity contribution < 1.29 is 9.53 Å². The second-order valence-electron chi connectivity index (χ2n) is 6.88. The lowest BCUT2D eigenvalue weighted by molar-refractivity contribution is -0.115. The Kier molecular flexibility index (Phi) is 5.86. The summed E-state index contributed by atoms with van der Waals surface area (Å²) in [5, 5.41) is 3.39. The van der Waals surface area contributed by atoms with Crippen LogP contribution in [0.3, 0.4) is 0 Å². The number of hydrogen-bond acceptors (Lipinski definition) is 5. The monoisotopic (exact) mass is 415 g/mol. The molecule has 0 saturated carbocycles. The van der Waals surface area contributed by atoms with Crippen molar-refractivity contribution in [1.82, 2.24) is 5.32 Å². The second kappa shape index (κ2) is 8.88. The molecule has 3 aromatic carbocycles. The molecule has 0 bridgehead atoms. The molecule has 0 spiro atoms. The summed E-state index contributed by atoms with van der Waals surface area (Å²) in [6.45, 7) is 0. The predicted octanol–water partition coefficient (Wildman–Crippen LogP) is 5.44. The first kappa shape index (κ1) is 19.8. The van der Waals surface area contributed by atoms with E-state index in [0.717, 1.165) is 28.4 Å². The van der Waals surface area contributed by atoms with E-state index in [4.69, 9.17) is 4.74 Å². The summed E-state index contributed by atoms with van der Waals surface area (Å²) < 4.78 is 5.79. The van der Waals surface area contributed by atoms with Crippen molar-refractivity contribution in [2.75, 3.05) is 19.0 Å². The highest BCUT2D eigenvalue weighted by Gasteiger charge is 2.23. The van der Waals surface area contributed by atoms with E-state index in [1.54, 1.807) is 0 Å². The van der Waals surface area contributed by atoms with Gasteiger partial charge in [0.15, 0.2) is 5.17 Å². The molecule has 4 rings (SSSR count). The summed E-state index contributed by atoms with van der Waals surface area (Å²) in [4.78, 5) is 19.5. The number of aliphatic imine (C=N–C) groups is 1. The molecule has 3 aromatic rings. The number of para-hydroxylation sites is 1. The third kappa shape index (κ3) is 4.90. The third-order valence-corrected chi connectivity index (χ3v) is 5.31. The van der Waals surface area contributed by atoms with Gasteiger partial charge in [-0.25, -0.2) is 4.99 Å². The number of carbonyl (C=O) groups is 1. The predicted molar refractivity (Wildman–Crippen MR) is 125 cm³/mol. The minimum atomic E-state index is -0.139. The SMILES string of the molecule is CN(C)c1ccc(/C=C2/SC(=Nc3ccc(Oc4ccccc4)cc3)NC2=O)cc1. The Morgan fingerprint density at radius 3 is 2.23 bits per heavy atom. The van der Waals surface area contributed by atoms with Crippen LogP contribution in [0.5, 0.6) is 11.5 Å². The average molecular weight is 416 g/mol. The van der Waals surface area contributed by atoms with Gasteiger partial charge in [-0.15, -0.1) is 0 Å². The topological polar surface area (TPSA) is 53.9 Å². The standard InChI is InChI=1S/C24H21N3O2S/c1-27(2)19-12-8-17(9-13-19)16-22-23(28)26-24(30-22)25-18-10-14-21(15-11-18)29-20-6-4-3-5-7-20/h3-16H,1-2H3,(H,25,26,28)/b22-16+. The van der Waals surface area contributed by atoms with Crippen molar-refractivity contribution in [2.24, 2.45) is 4.99 Å². The Morgan fingerprint density at radius 1 is 0.900 bits per heavy atom. The number of thioether (sulfide) groups is 1. The molecular formula is C24H21N3O2S. The fourth-order valence-electron chi connectivity index (χ4n) is 2.83. The van der Waals surface area contributed by atoms with Gasteiger partial charge in [-0.3, -0.25) is 4.79 Å². The van der Waals surface area contributed by atoms with Crippen molar-refractivity contribution in [3.8, 4) is 11.5 Å². The molecule has 1 amide bonds. The number of carbonyl (C=O) groups excluding carboxylic acids is 1. The van der Waals surface area contributed by atoms with Gasteiger partial charge in [0.2, 0.25) is 0 Å². The Balaban J connectivity index is 1.44. The molecule has 5 nitrogen and oxygen atoms in total. The first-order valence-corrected chi connectivity index (χ1v) is 10.3. The molecule has 1 saturated heterocycles. The van der Waals surface area contributed by atoms with E-state index in [0.29, 0.717) is 10.1 Å². The maximum atomic E-state index is 12.3. The van der Waals surface area contributed by atoms with Crippen LogP contribution in [0.15, 0.2) is 88.8 Å². The van der Waals surface area contributed by atoms with Crippen molar-refractivity contribution in [3.63, 3.8) is 0 Å². The van der Waals surface area contributed by atoms with E-state index in [9.17, 15) is 4.79 Å². The first-order valence-electron chi connectivity index (χ1n) is 9.47. The molecular weight excluding hydrogens is 394 g/mol. The molecule has 1 aliphatic heterocycles. The number of amidine groups is 1. The summed E-state index contributed by atoms with van der Waals surface area (Å²) in [5.41, 5.74) is 2.83. The number of nitrogens with zero attached hydrogens (tertiary/aromatic N) is 2. The smallest absolute Gasteiger partial charge is 0.264 e. The van der Waals surface area contributed by atoms with E-state index in [1.807, 2.05) is 104 Å². The highest BCUT2D eigenvalue weighted by atomic mass is 32.2. The van der Waals surface area contributed by atoms with Crippen molar-refractivity contribution in [3.05, 3.63) is 89.3 Å². The van der Waals surface area contributed by atoms with Crippen LogP contribution in [0.2, 0.25) is 0 Å². The van der Waals surface area contributed by atoms with Gasteiger partial charge in [-0.05, 0) is 71.9 Å². The molecule has 1 N–H and O–H groups in total. The Hall–Kier alpha value is -3.51. The van der Waals surface area contributed by atoms with Crippen LogP contribution in [-0.4, -0.2) is 25.2 Å². The highest BCUT2D eigenvalue weighted by molar-refractivity contribution is 8.18. The zero-order valence-corrected chi connectivity index (χ0v) is 17.5. The number of benzene rings is 3. The Bertz CT molecular complexity index is 1090. The van der Waals surface area contributed by atoms with Gasteiger partial charge >= 0.3 is 0 Å². The number of rotatable bonds is 5. The molecule has 1 aliphatic rings. The second-order valence-corrected chi connectivity index (χ2v) is 7.91. The molecule has 30 heavy (non-hydrogen) atoms. The molecule has 0 aliphatic carbocycles. The van der Waals surface area contributed by atoms with Crippen molar-refractivity contribution in [2.45, 2.75) is 0 Å². The summed E-state index contributed by atoms with van der Waals surface area (Å²) in [7, 11) is 3.99. The number of amides is 1. The molecule has 0 unspecified atom stereocenters. The minimum Gasteiger partial charge on any atom is -0.457 e. The van der Waals surface area contributed by atoms with Crippen LogP contribution in [0, 0.1) is 0 Å². The third-order valence-electron chi connectivity index (χ3n) is 4.40. The molecule has 1 fully saturated rings. The van der Waals surface area contributed by atoms with Gasteiger partial charge in [0.25, 0.3) is 5.91 Å². The fraction of sp³-hybridized carbons (Fsp3) is 0.0833. The quantitative estimate of drug-likeness (QED) is 0.564. The lowest BCUT2D eigenvalue weighted by Gasteiger charge is -2.11. The number of ether oxygens (including phenoxy) is 1. The van der Waals surface area contributed by atoms with Crippen LogP contribution in [0.25, 0.3) is 6.08 Å². The average Bonchev–Trinajstić information content (AvgIpc) is 3.09. The van der Waals surface area contributed by atoms with Gasteiger partial charge < -0.3 is 15.0 Å². The summed E-state index contributed by atoms with van der Waals surface area (Å²) in [6, 6.07) is 25.1. The number of nitrogens with one attached hydrogen (secondary N) is 1. The van der Waals surface area contributed by atoms with Crippen LogP contribution in [-0.2, 0) is 4.79 Å². The van der Waals surface area contributed by atoms with E-state index >= 15 is 0 Å². The lowest BCUT2D eigenvalue weighted by Crippen LogP contribution is -2.19. The number of anilines is 1. The number of hydrogen-bond donors (Lipinski definition) is 1. The maximum absolute atomic E-state index is 12.3. The Labute approximate surface area is 180 Å². The van der Waals surface area contributed by atoms with Crippen molar-refractivity contribution >= 4 is 40.3 Å². The molecule has 0 aromatic heterocycles. The molecule has 1 heterocycles. The summed E-state index contributed by atoms with van der Waals surface area (Å²) in [6.07, 6.45) is 1.87. The lowest BCUT2D eigenvalue weighted by atomic mass is 10.2. The van der Waals surface area contributed by atoms with Gasteiger partial charge in [0, 0.05) is 19.8 Å². The van der Waals surface area contributed by atoms with Crippen LogP contribution in [0.4, 0.5) is 11.4 Å². The largest absolute Gasteiger partial charge is 0.457 e. The van der Waals surface area contributed by atoms with Gasteiger partial charge in [0.1, 0.15) is 11.5 Å². The van der Waals surface area contributed by atoms with Crippen molar-refractivity contribution in [1.29, 1.82) is 0 Å². The Morgan fingerprint density at radius 2 is 1.57 bits per heavy atom. The van der Waals surface area contributed by atoms with Crippen LogP contribution >= 0.6 is 11.8 Å².